The van der Waals surface area contributed by atoms with E-state index >= 15 is 0 Å². The molecule has 3 rings (SSSR count). The van der Waals surface area contributed by atoms with Crippen LogP contribution in [0.1, 0.15) is 38.2 Å². The zero-order valence-corrected chi connectivity index (χ0v) is 16.1. The topological polar surface area (TPSA) is 115 Å². The van der Waals surface area contributed by atoms with Gasteiger partial charge in [-0.2, -0.15) is 0 Å². The predicted octanol–water partition coefficient (Wildman–Crippen LogP) is 4.15. The van der Waals surface area contributed by atoms with Gasteiger partial charge in [0.25, 0.3) is 11.6 Å². The van der Waals surface area contributed by atoms with Crippen LogP contribution in [-0.2, 0) is 6.42 Å². The van der Waals surface area contributed by atoms with Crippen LogP contribution in [0.4, 0.5) is 10.8 Å². The van der Waals surface area contributed by atoms with Crippen LogP contribution in [0, 0.1) is 10.1 Å². The van der Waals surface area contributed by atoms with Crippen LogP contribution in [-0.4, -0.2) is 26.8 Å². The van der Waals surface area contributed by atoms with Gasteiger partial charge in [0.2, 0.25) is 5.13 Å². The molecular formula is C18H13ClN4O4S. The fourth-order valence-corrected chi connectivity index (χ4v) is 3.30. The summed E-state index contributed by atoms with van der Waals surface area (Å²) >= 11 is 7.04. The van der Waals surface area contributed by atoms with Gasteiger partial charge in [0.05, 0.1) is 10.5 Å². The Labute approximate surface area is 168 Å². The fourth-order valence-electron chi connectivity index (χ4n) is 2.44. The van der Waals surface area contributed by atoms with Crippen molar-refractivity contribution in [3.8, 4) is 0 Å². The molecule has 0 aliphatic rings. The SMILES string of the molecule is CCc1nnc(NC(=O)c2ccccc2C(=O)c2ccc(Cl)c([N+](=O)[O-])c2)s1. The average Bonchev–Trinajstić information content (AvgIpc) is 3.15. The number of carbonyl (C=O) groups excluding carboxylic acids is 2. The van der Waals surface area contributed by atoms with Gasteiger partial charge < -0.3 is 0 Å². The number of hydrogen-bond acceptors (Lipinski definition) is 7. The van der Waals surface area contributed by atoms with E-state index in [9.17, 15) is 19.7 Å². The lowest BCUT2D eigenvalue weighted by Gasteiger charge is -2.08. The summed E-state index contributed by atoms with van der Waals surface area (Å²) in [5, 5.41) is 22.5. The summed E-state index contributed by atoms with van der Waals surface area (Å²) < 4.78 is 0. The number of carbonyl (C=O) groups is 2. The first kappa shape index (κ1) is 19.6. The van der Waals surface area contributed by atoms with Gasteiger partial charge in [0.15, 0.2) is 5.78 Å². The number of nitrogens with zero attached hydrogens (tertiary/aromatic N) is 3. The summed E-state index contributed by atoms with van der Waals surface area (Å²) in [5.41, 5.74) is -0.0915. The molecule has 0 aliphatic carbocycles. The molecule has 0 radical (unpaired) electrons. The minimum absolute atomic E-state index is 0.0561. The third kappa shape index (κ3) is 4.05. The summed E-state index contributed by atoms with van der Waals surface area (Å²) in [7, 11) is 0. The van der Waals surface area contributed by atoms with Crippen molar-refractivity contribution in [1.82, 2.24) is 10.2 Å². The summed E-state index contributed by atoms with van der Waals surface area (Å²) in [4.78, 5) is 35.9. The largest absolute Gasteiger partial charge is 0.296 e. The molecule has 0 atom stereocenters. The summed E-state index contributed by atoms with van der Waals surface area (Å²) in [6.45, 7) is 1.92. The number of aryl methyl sites for hydroxylation is 1. The van der Waals surface area contributed by atoms with Gasteiger partial charge in [-0.05, 0) is 24.6 Å². The minimum Gasteiger partial charge on any atom is -0.296 e. The number of aromatic nitrogens is 2. The molecule has 0 spiro atoms. The molecule has 0 fully saturated rings. The van der Waals surface area contributed by atoms with E-state index in [1.54, 1.807) is 12.1 Å². The Morgan fingerprint density at radius 1 is 1.18 bits per heavy atom. The number of rotatable bonds is 6. The van der Waals surface area contributed by atoms with Crippen molar-refractivity contribution in [2.45, 2.75) is 13.3 Å². The molecule has 1 aromatic heterocycles. The number of anilines is 1. The minimum atomic E-state index is -0.668. The second-order valence-corrected chi connectivity index (χ2v) is 7.08. The molecular weight excluding hydrogens is 404 g/mol. The summed E-state index contributed by atoms with van der Waals surface area (Å²) in [5.74, 6) is -1.05. The third-order valence-electron chi connectivity index (χ3n) is 3.81. The molecule has 0 aliphatic heterocycles. The van der Waals surface area contributed by atoms with Gasteiger partial charge in [0.1, 0.15) is 10.0 Å². The molecule has 28 heavy (non-hydrogen) atoms. The first-order chi connectivity index (χ1) is 13.4. The van der Waals surface area contributed by atoms with Gasteiger partial charge in [-0.15, -0.1) is 10.2 Å². The Morgan fingerprint density at radius 2 is 1.89 bits per heavy atom. The molecule has 1 amide bonds. The highest BCUT2D eigenvalue weighted by Gasteiger charge is 2.22. The van der Waals surface area contributed by atoms with Crippen LogP contribution < -0.4 is 5.32 Å². The predicted molar refractivity (Wildman–Crippen MR) is 105 cm³/mol. The van der Waals surface area contributed by atoms with Gasteiger partial charge in [-0.25, -0.2) is 0 Å². The Morgan fingerprint density at radius 3 is 2.54 bits per heavy atom. The second kappa shape index (κ2) is 8.24. The molecule has 1 N–H and O–H groups in total. The molecule has 0 unspecified atom stereocenters. The first-order valence-electron chi connectivity index (χ1n) is 8.12. The van der Waals surface area contributed by atoms with E-state index in [2.05, 4.69) is 15.5 Å². The standard InChI is InChI=1S/C18H13ClN4O4S/c1-2-15-21-22-18(28-15)20-17(25)12-6-4-3-5-11(12)16(24)10-7-8-13(19)14(9-10)23(26)27/h3-9H,2H2,1H3,(H,20,22,25). The smallest absolute Gasteiger partial charge is 0.288 e. The van der Waals surface area contributed by atoms with E-state index < -0.39 is 16.6 Å². The molecule has 2 aromatic carbocycles. The molecule has 0 bridgehead atoms. The van der Waals surface area contributed by atoms with Crippen LogP contribution in [0.5, 0.6) is 0 Å². The summed E-state index contributed by atoms with van der Waals surface area (Å²) in [6.07, 6.45) is 0.692. The molecule has 8 nitrogen and oxygen atoms in total. The maximum absolute atomic E-state index is 12.9. The van der Waals surface area contributed by atoms with Crippen molar-refractivity contribution < 1.29 is 14.5 Å². The molecule has 3 aromatic rings. The normalized spacial score (nSPS) is 10.5. The van der Waals surface area contributed by atoms with E-state index in [1.165, 1.54) is 35.6 Å². The number of hydrogen-bond donors (Lipinski definition) is 1. The van der Waals surface area contributed by atoms with Crippen LogP contribution >= 0.6 is 22.9 Å². The van der Waals surface area contributed by atoms with Crippen molar-refractivity contribution >= 4 is 45.4 Å². The number of nitrogens with one attached hydrogen (secondary N) is 1. The van der Waals surface area contributed by atoms with Crippen LogP contribution in [0.2, 0.25) is 5.02 Å². The highest BCUT2D eigenvalue weighted by Crippen LogP contribution is 2.27. The lowest BCUT2D eigenvalue weighted by molar-refractivity contribution is -0.384. The maximum Gasteiger partial charge on any atom is 0.288 e. The Balaban J connectivity index is 1.93. The Bertz CT molecular complexity index is 1080. The van der Waals surface area contributed by atoms with E-state index in [0.29, 0.717) is 11.6 Å². The summed E-state index contributed by atoms with van der Waals surface area (Å²) in [6, 6.07) is 9.96. The number of halogens is 1. The van der Waals surface area contributed by atoms with Gasteiger partial charge >= 0.3 is 0 Å². The van der Waals surface area contributed by atoms with Crippen molar-refractivity contribution in [2.75, 3.05) is 5.32 Å². The first-order valence-corrected chi connectivity index (χ1v) is 9.31. The van der Waals surface area contributed by atoms with Crippen molar-refractivity contribution in [2.24, 2.45) is 0 Å². The highest BCUT2D eigenvalue weighted by atomic mass is 35.5. The van der Waals surface area contributed by atoms with E-state index in [-0.39, 0.29) is 27.4 Å². The van der Waals surface area contributed by atoms with E-state index in [4.69, 9.17) is 11.6 Å². The number of nitro benzene ring substituents is 1. The lowest BCUT2D eigenvalue weighted by atomic mass is 9.97. The van der Waals surface area contributed by atoms with Crippen molar-refractivity contribution in [3.05, 3.63) is 79.3 Å². The van der Waals surface area contributed by atoms with Crippen LogP contribution in [0.15, 0.2) is 42.5 Å². The quantitative estimate of drug-likeness (QED) is 0.366. The van der Waals surface area contributed by atoms with E-state index in [1.807, 2.05) is 6.92 Å². The lowest BCUT2D eigenvalue weighted by Crippen LogP contribution is -2.17. The molecule has 0 saturated carbocycles. The zero-order valence-electron chi connectivity index (χ0n) is 14.5. The second-order valence-electron chi connectivity index (χ2n) is 5.61. The van der Waals surface area contributed by atoms with Gasteiger partial charge in [-0.3, -0.25) is 25.0 Å². The van der Waals surface area contributed by atoms with E-state index in [0.717, 1.165) is 11.1 Å². The third-order valence-corrected chi connectivity index (χ3v) is 5.11. The molecule has 1 heterocycles. The average molecular weight is 417 g/mol. The fraction of sp³-hybridized carbons (Fsp3) is 0.111. The number of amides is 1. The van der Waals surface area contributed by atoms with Crippen molar-refractivity contribution in [3.63, 3.8) is 0 Å². The van der Waals surface area contributed by atoms with Gasteiger partial charge in [0, 0.05) is 17.2 Å². The maximum atomic E-state index is 12.9. The number of ketones is 1. The molecule has 0 saturated heterocycles. The van der Waals surface area contributed by atoms with Crippen molar-refractivity contribution in [1.29, 1.82) is 0 Å². The molecule has 142 valence electrons. The zero-order chi connectivity index (χ0) is 20.3. The monoisotopic (exact) mass is 416 g/mol. The highest BCUT2D eigenvalue weighted by molar-refractivity contribution is 7.15. The number of benzene rings is 2. The van der Waals surface area contributed by atoms with Crippen LogP contribution in [0.3, 0.4) is 0 Å². The van der Waals surface area contributed by atoms with Gasteiger partial charge in [-0.1, -0.05) is 48.1 Å². The van der Waals surface area contributed by atoms with Crippen LogP contribution in [0.25, 0.3) is 0 Å². The Hall–Kier alpha value is -3.17. The Kier molecular flexibility index (Phi) is 5.76. The number of nitro groups is 1. The molecule has 10 heteroatoms.